The van der Waals surface area contributed by atoms with Gasteiger partial charge in [-0.15, -0.1) is 0 Å². The Morgan fingerprint density at radius 1 is 1.15 bits per heavy atom. The third kappa shape index (κ3) is 3.65. The van der Waals surface area contributed by atoms with Crippen molar-refractivity contribution in [1.29, 1.82) is 0 Å². The number of halogens is 5. The Morgan fingerprint density at radius 3 is 2.20 bits per heavy atom. The lowest BCUT2D eigenvalue weighted by Crippen LogP contribution is -2.05. The largest absolute Gasteiger partial charge is 0.450 e. The summed E-state index contributed by atoms with van der Waals surface area (Å²) in [6, 6.07) is 6.29. The molecule has 0 fully saturated rings. The summed E-state index contributed by atoms with van der Waals surface area (Å²) in [5.74, 6) is 0.337. The standard InChI is InChI=1S/C13H9Br2F3O2/c14-9-6-11(20-12(9)15)10(19)5-7-1-3-8(4-2-7)13(16,17)18/h1-4,6,10,19H,5H2. The molecule has 0 radical (unpaired) electrons. The molecule has 1 heterocycles. The van der Waals surface area contributed by atoms with Crippen LogP contribution >= 0.6 is 31.9 Å². The first-order valence-corrected chi connectivity index (χ1v) is 7.15. The van der Waals surface area contributed by atoms with Crippen LogP contribution in [-0.4, -0.2) is 5.11 Å². The summed E-state index contributed by atoms with van der Waals surface area (Å²) in [6.45, 7) is 0. The molecule has 0 saturated carbocycles. The number of benzene rings is 1. The summed E-state index contributed by atoms with van der Waals surface area (Å²) in [5.41, 5.74) is -0.117. The predicted octanol–water partition coefficient (Wildman–Crippen LogP) is 5.10. The number of hydrogen-bond acceptors (Lipinski definition) is 2. The lowest BCUT2D eigenvalue weighted by molar-refractivity contribution is -0.137. The van der Waals surface area contributed by atoms with E-state index in [1.807, 2.05) is 0 Å². The average molecular weight is 414 g/mol. The Hall–Kier alpha value is -0.790. The number of alkyl halides is 3. The molecule has 0 aliphatic heterocycles. The van der Waals surface area contributed by atoms with Crippen molar-refractivity contribution in [3.63, 3.8) is 0 Å². The van der Waals surface area contributed by atoms with E-state index >= 15 is 0 Å². The second-order valence-electron chi connectivity index (χ2n) is 4.19. The highest BCUT2D eigenvalue weighted by molar-refractivity contribution is 9.13. The van der Waals surface area contributed by atoms with Gasteiger partial charge in [0.05, 0.1) is 10.0 Å². The lowest BCUT2D eigenvalue weighted by Gasteiger charge is -2.10. The van der Waals surface area contributed by atoms with Gasteiger partial charge in [0, 0.05) is 6.42 Å². The summed E-state index contributed by atoms with van der Waals surface area (Å²) < 4.78 is 43.6. The van der Waals surface area contributed by atoms with E-state index < -0.39 is 17.8 Å². The van der Waals surface area contributed by atoms with Crippen LogP contribution in [0.2, 0.25) is 0 Å². The van der Waals surface area contributed by atoms with E-state index in [-0.39, 0.29) is 6.42 Å². The van der Waals surface area contributed by atoms with Crippen molar-refractivity contribution >= 4 is 31.9 Å². The fourth-order valence-electron chi connectivity index (χ4n) is 1.68. The topological polar surface area (TPSA) is 33.4 Å². The van der Waals surface area contributed by atoms with Gasteiger partial charge < -0.3 is 9.52 Å². The highest BCUT2D eigenvalue weighted by Gasteiger charge is 2.30. The first-order valence-electron chi connectivity index (χ1n) is 5.56. The van der Waals surface area contributed by atoms with Gasteiger partial charge in [-0.3, -0.25) is 0 Å². The SMILES string of the molecule is OC(Cc1ccc(C(F)(F)F)cc1)c1cc(Br)c(Br)o1. The van der Waals surface area contributed by atoms with Gasteiger partial charge in [0.2, 0.25) is 0 Å². The van der Waals surface area contributed by atoms with Crippen molar-refractivity contribution in [2.75, 3.05) is 0 Å². The quantitative estimate of drug-likeness (QED) is 0.759. The molecule has 0 bridgehead atoms. The van der Waals surface area contributed by atoms with E-state index in [0.717, 1.165) is 12.1 Å². The Kier molecular flexibility index (Phi) is 4.61. The Labute approximate surface area is 129 Å². The van der Waals surface area contributed by atoms with Crippen LogP contribution in [0, 0.1) is 0 Å². The highest BCUT2D eigenvalue weighted by Crippen LogP contribution is 2.32. The average Bonchev–Trinajstić information content (AvgIpc) is 2.69. The van der Waals surface area contributed by atoms with Crippen LogP contribution in [0.4, 0.5) is 13.2 Å². The van der Waals surface area contributed by atoms with Gasteiger partial charge in [-0.05, 0) is 55.6 Å². The van der Waals surface area contributed by atoms with Crippen LogP contribution < -0.4 is 0 Å². The van der Waals surface area contributed by atoms with Crippen LogP contribution in [0.25, 0.3) is 0 Å². The Balaban J connectivity index is 2.10. The molecule has 2 aromatic rings. The monoisotopic (exact) mass is 412 g/mol. The van der Waals surface area contributed by atoms with Crippen LogP contribution in [0.5, 0.6) is 0 Å². The fourth-order valence-corrected chi connectivity index (χ4v) is 2.29. The minimum absolute atomic E-state index is 0.171. The van der Waals surface area contributed by atoms with Crippen LogP contribution in [0.3, 0.4) is 0 Å². The summed E-state index contributed by atoms with van der Waals surface area (Å²) in [4.78, 5) is 0. The van der Waals surface area contributed by atoms with E-state index in [0.29, 0.717) is 20.5 Å². The number of hydrogen-bond donors (Lipinski definition) is 1. The maximum Gasteiger partial charge on any atom is 0.416 e. The van der Waals surface area contributed by atoms with E-state index in [9.17, 15) is 18.3 Å². The lowest BCUT2D eigenvalue weighted by atomic mass is 10.0. The molecule has 0 spiro atoms. The maximum absolute atomic E-state index is 12.4. The second-order valence-corrected chi connectivity index (χ2v) is 5.76. The molecule has 0 amide bonds. The number of aliphatic hydroxyl groups excluding tert-OH is 1. The van der Waals surface area contributed by atoms with Gasteiger partial charge in [0.25, 0.3) is 0 Å². The maximum atomic E-state index is 12.4. The zero-order valence-electron chi connectivity index (χ0n) is 9.92. The van der Waals surface area contributed by atoms with Crippen molar-refractivity contribution in [2.24, 2.45) is 0 Å². The molecule has 7 heteroatoms. The van der Waals surface area contributed by atoms with Gasteiger partial charge >= 0.3 is 6.18 Å². The molecule has 1 aromatic carbocycles. The Bertz CT molecular complexity index is 571. The van der Waals surface area contributed by atoms with Gasteiger partial charge in [-0.25, -0.2) is 0 Å². The van der Waals surface area contributed by atoms with E-state index in [1.165, 1.54) is 12.1 Å². The van der Waals surface area contributed by atoms with Gasteiger partial charge in [-0.1, -0.05) is 12.1 Å². The molecule has 1 atom stereocenters. The molecule has 2 nitrogen and oxygen atoms in total. The summed E-state index contributed by atoms with van der Waals surface area (Å²) in [5, 5.41) is 9.98. The van der Waals surface area contributed by atoms with Gasteiger partial charge in [0.15, 0.2) is 4.67 Å². The van der Waals surface area contributed by atoms with Crippen LogP contribution in [0.1, 0.15) is 23.0 Å². The normalized spacial score (nSPS) is 13.5. The minimum Gasteiger partial charge on any atom is -0.450 e. The van der Waals surface area contributed by atoms with Crippen LogP contribution in [0.15, 0.2) is 43.9 Å². The van der Waals surface area contributed by atoms with Crippen molar-refractivity contribution < 1.29 is 22.7 Å². The summed E-state index contributed by atoms with van der Waals surface area (Å²) in [6.07, 6.45) is -5.10. The van der Waals surface area contributed by atoms with Crippen LogP contribution in [-0.2, 0) is 12.6 Å². The fraction of sp³-hybridized carbons (Fsp3) is 0.231. The molecular weight excluding hydrogens is 405 g/mol. The summed E-state index contributed by atoms with van der Waals surface area (Å²) in [7, 11) is 0. The first kappa shape index (κ1) is 15.6. The van der Waals surface area contributed by atoms with Gasteiger partial charge in [-0.2, -0.15) is 13.2 Å². The van der Waals surface area contributed by atoms with Crippen molar-refractivity contribution in [1.82, 2.24) is 0 Å². The molecule has 0 aliphatic rings. The molecule has 2 rings (SSSR count). The van der Waals surface area contributed by atoms with E-state index in [1.54, 1.807) is 6.07 Å². The van der Waals surface area contributed by atoms with E-state index in [2.05, 4.69) is 31.9 Å². The molecule has 108 valence electrons. The highest BCUT2D eigenvalue weighted by atomic mass is 79.9. The van der Waals surface area contributed by atoms with E-state index in [4.69, 9.17) is 4.42 Å². The number of aliphatic hydroxyl groups is 1. The van der Waals surface area contributed by atoms with Crippen molar-refractivity contribution in [2.45, 2.75) is 18.7 Å². The number of rotatable bonds is 3. The zero-order chi connectivity index (χ0) is 14.9. The van der Waals surface area contributed by atoms with Crippen molar-refractivity contribution in [3.05, 3.63) is 56.4 Å². The molecule has 1 unspecified atom stereocenters. The molecule has 1 aromatic heterocycles. The molecule has 0 saturated heterocycles. The van der Waals surface area contributed by atoms with Crippen molar-refractivity contribution in [3.8, 4) is 0 Å². The molecular formula is C13H9Br2F3O2. The first-order chi connectivity index (χ1) is 9.27. The minimum atomic E-state index is -4.35. The third-order valence-corrected chi connectivity index (χ3v) is 4.41. The number of furan rings is 1. The predicted molar refractivity (Wildman–Crippen MR) is 74.2 cm³/mol. The zero-order valence-corrected chi connectivity index (χ0v) is 13.1. The third-order valence-electron chi connectivity index (χ3n) is 2.70. The Morgan fingerprint density at radius 2 is 1.75 bits per heavy atom. The molecule has 0 aliphatic carbocycles. The molecule has 1 N–H and O–H groups in total. The second kappa shape index (κ2) is 5.91. The smallest absolute Gasteiger partial charge is 0.416 e. The summed E-state index contributed by atoms with van der Waals surface area (Å²) >= 11 is 6.38. The molecule has 20 heavy (non-hydrogen) atoms. The van der Waals surface area contributed by atoms with Gasteiger partial charge in [0.1, 0.15) is 11.9 Å².